The van der Waals surface area contributed by atoms with Gasteiger partial charge in [0.2, 0.25) is 0 Å². The van der Waals surface area contributed by atoms with Crippen LogP contribution < -0.4 is 5.32 Å². The maximum atomic E-state index is 13.1. The monoisotopic (exact) mass is 613 g/mol. The lowest BCUT2D eigenvalue weighted by Crippen LogP contribution is -2.51. The molecular formula is C34H51N3O7. The summed E-state index contributed by atoms with van der Waals surface area (Å²) in [5.41, 5.74) is 2.48. The summed E-state index contributed by atoms with van der Waals surface area (Å²) >= 11 is 0. The molecule has 1 N–H and O–H groups in total. The average molecular weight is 614 g/mol. The molecule has 5 aliphatic rings. The molecular weight excluding hydrogens is 562 g/mol. The van der Waals surface area contributed by atoms with Gasteiger partial charge in [-0.05, 0) is 120 Å². The van der Waals surface area contributed by atoms with Crippen molar-refractivity contribution in [2.24, 2.45) is 39.7 Å². The van der Waals surface area contributed by atoms with Gasteiger partial charge in [0.05, 0.1) is 11.8 Å². The molecule has 0 aromatic rings. The van der Waals surface area contributed by atoms with E-state index in [-0.39, 0.29) is 54.2 Å². The number of nitrogens with one attached hydrogen (secondary N) is 1. The molecule has 0 bridgehead atoms. The maximum Gasteiger partial charge on any atom is 0.438 e. The van der Waals surface area contributed by atoms with Crippen LogP contribution in [-0.4, -0.2) is 66.4 Å². The number of ether oxygens (including phenoxy) is 2. The summed E-state index contributed by atoms with van der Waals surface area (Å²) in [5.74, 6) is 2.15. The van der Waals surface area contributed by atoms with Crippen molar-refractivity contribution in [3.05, 3.63) is 11.6 Å². The second kappa shape index (κ2) is 13.3. The molecule has 0 aromatic carbocycles. The second-order valence-corrected chi connectivity index (χ2v) is 14.7. The van der Waals surface area contributed by atoms with Crippen LogP contribution in [-0.2, 0) is 28.7 Å². The van der Waals surface area contributed by atoms with Gasteiger partial charge < -0.3 is 14.8 Å². The van der Waals surface area contributed by atoms with Crippen LogP contribution in [0.15, 0.2) is 16.8 Å². The Kier molecular flexibility index (Phi) is 9.87. The third-order valence-electron chi connectivity index (χ3n) is 11.9. The molecule has 4 fully saturated rings. The number of oxime groups is 1. The minimum absolute atomic E-state index is 0.0321. The Bertz CT molecular complexity index is 1180. The zero-order valence-corrected chi connectivity index (χ0v) is 27.1. The lowest BCUT2D eigenvalue weighted by Gasteiger charge is -2.58. The Hall–Kier alpha value is -2.75. The molecule has 0 radical (unpaired) electrons. The van der Waals surface area contributed by atoms with E-state index in [1.165, 1.54) is 10.5 Å². The number of nitrogens with zero attached hydrogens (tertiary/aromatic N) is 2. The number of esters is 1. The van der Waals surface area contributed by atoms with Gasteiger partial charge in [0.25, 0.3) is 6.47 Å². The lowest BCUT2D eigenvalue weighted by atomic mass is 9.46. The standard InChI is InChI=1S/C34H51N3O7/c1-21(2)43-31(40)30-11-7-24(35-30)14-17-37(19-42-20-38)32(41)44-36-22(3)27-9-10-28-26-8-6-23-18-25(39)12-15-33(23,4)29(26)13-16-34(27,28)5/h18,20-21,24,26-30,35H,6-17,19H2,1-5H3/b36-22+/t24?,26-,27+,28-,29-,30?,33-,34+/m0/s1. The van der Waals surface area contributed by atoms with E-state index in [0.29, 0.717) is 49.3 Å². The van der Waals surface area contributed by atoms with Gasteiger partial charge in [0, 0.05) is 24.9 Å². The predicted molar refractivity (Wildman–Crippen MR) is 164 cm³/mol. The normalized spacial score (nSPS) is 36.5. The predicted octanol–water partition coefficient (Wildman–Crippen LogP) is 5.54. The van der Waals surface area contributed by atoms with Crippen LogP contribution in [0, 0.1) is 34.5 Å². The Morgan fingerprint density at radius 1 is 1.09 bits per heavy atom. The van der Waals surface area contributed by atoms with E-state index >= 15 is 0 Å². The Labute approximate surface area is 261 Å². The topological polar surface area (TPSA) is 124 Å². The molecule has 3 saturated carbocycles. The third kappa shape index (κ3) is 6.46. The van der Waals surface area contributed by atoms with Crippen molar-refractivity contribution in [3.63, 3.8) is 0 Å². The first-order chi connectivity index (χ1) is 21.0. The fourth-order valence-corrected chi connectivity index (χ4v) is 9.67. The average Bonchev–Trinajstić information content (AvgIpc) is 3.60. The Morgan fingerprint density at radius 2 is 1.89 bits per heavy atom. The number of fused-ring (bicyclic) bond motifs is 5. The maximum absolute atomic E-state index is 13.1. The van der Waals surface area contributed by atoms with Gasteiger partial charge in [-0.25, -0.2) is 4.79 Å². The molecule has 4 aliphatic carbocycles. The van der Waals surface area contributed by atoms with E-state index in [1.807, 2.05) is 26.8 Å². The van der Waals surface area contributed by atoms with Crippen LogP contribution in [0.25, 0.3) is 0 Å². The van der Waals surface area contributed by atoms with Crippen molar-refractivity contribution in [1.29, 1.82) is 0 Å². The molecule has 10 nitrogen and oxygen atoms in total. The van der Waals surface area contributed by atoms with E-state index in [1.54, 1.807) is 0 Å². The number of amides is 1. The van der Waals surface area contributed by atoms with Crippen molar-refractivity contribution < 1.29 is 33.5 Å². The third-order valence-corrected chi connectivity index (χ3v) is 11.9. The number of hydrogen-bond donors (Lipinski definition) is 1. The molecule has 0 spiro atoms. The van der Waals surface area contributed by atoms with Gasteiger partial charge in [0.15, 0.2) is 12.5 Å². The van der Waals surface area contributed by atoms with E-state index in [2.05, 4.69) is 24.3 Å². The van der Waals surface area contributed by atoms with E-state index < -0.39 is 6.09 Å². The number of rotatable bonds is 10. The van der Waals surface area contributed by atoms with E-state index in [0.717, 1.165) is 57.1 Å². The largest absolute Gasteiger partial charge is 0.462 e. The SMILES string of the molecule is C/C(=N\OC(=O)N(CCC1CCC(C(=O)OC(C)C)N1)COC=O)[C@H]1CC[C@H]2[C@@H]3CCC4=CC(=O)CC[C@]4(C)[C@H]3CC[C@]12C. The van der Waals surface area contributed by atoms with Crippen LogP contribution in [0.3, 0.4) is 0 Å². The molecule has 1 aliphatic heterocycles. The minimum atomic E-state index is -0.658. The highest BCUT2D eigenvalue weighted by Gasteiger charge is 2.59. The van der Waals surface area contributed by atoms with E-state index in [9.17, 15) is 19.2 Å². The molecule has 2 unspecified atom stereocenters. The van der Waals surface area contributed by atoms with Crippen LogP contribution in [0.1, 0.15) is 105 Å². The summed E-state index contributed by atoms with van der Waals surface area (Å²) in [6.07, 6.45) is 11.4. The zero-order valence-electron chi connectivity index (χ0n) is 27.1. The van der Waals surface area contributed by atoms with Gasteiger partial charge in [-0.15, -0.1) is 0 Å². The van der Waals surface area contributed by atoms with Crippen molar-refractivity contribution in [1.82, 2.24) is 10.2 Å². The molecule has 1 amide bonds. The van der Waals surface area contributed by atoms with Crippen LogP contribution in [0.4, 0.5) is 4.79 Å². The molecule has 1 saturated heterocycles. The fraction of sp³-hybridized carbons (Fsp3) is 0.794. The number of carbonyl (C=O) groups is 4. The van der Waals surface area contributed by atoms with Gasteiger partial charge >= 0.3 is 12.1 Å². The molecule has 10 heteroatoms. The first kappa shape index (κ1) is 32.6. The molecule has 1 heterocycles. The van der Waals surface area contributed by atoms with Gasteiger partial charge in [-0.1, -0.05) is 24.6 Å². The van der Waals surface area contributed by atoms with Crippen molar-refractivity contribution in [2.75, 3.05) is 13.3 Å². The van der Waals surface area contributed by atoms with Gasteiger partial charge in [-0.2, -0.15) is 0 Å². The summed E-state index contributed by atoms with van der Waals surface area (Å²) in [6.45, 7) is 10.8. The van der Waals surface area contributed by atoms with Gasteiger partial charge in [-0.3, -0.25) is 24.1 Å². The number of carbonyl (C=O) groups excluding carboxylic acids is 4. The Morgan fingerprint density at radius 3 is 2.64 bits per heavy atom. The quantitative estimate of drug-likeness (QED) is 0.0851. The van der Waals surface area contributed by atoms with Crippen LogP contribution in [0.2, 0.25) is 0 Å². The fourth-order valence-electron chi connectivity index (χ4n) is 9.67. The van der Waals surface area contributed by atoms with Crippen LogP contribution >= 0.6 is 0 Å². The number of ketones is 1. The van der Waals surface area contributed by atoms with Gasteiger partial charge in [0.1, 0.15) is 6.04 Å². The zero-order chi connectivity index (χ0) is 31.6. The number of hydrogen-bond acceptors (Lipinski definition) is 9. The summed E-state index contributed by atoms with van der Waals surface area (Å²) in [6, 6.07) is -0.320. The summed E-state index contributed by atoms with van der Waals surface area (Å²) in [4.78, 5) is 55.2. The molecule has 5 rings (SSSR count). The smallest absolute Gasteiger partial charge is 0.438 e. The van der Waals surface area contributed by atoms with Crippen molar-refractivity contribution in [3.8, 4) is 0 Å². The van der Waals surface area contributed by atoms with Crippen molar-refractivity contribution in [2.45, 2.75) is 123 Å². The molecule has 44 heavy (non-hydrogen) atoms. The summed E-state index contributed by atoms with van der Waals surface area (Å²) in [7, 11) is 0. The molecule has 0 aromatic heterocycles. The van der Waals surface area contributed by atoms with Crippen molar-refractivity contribution >= 4 is 30.0 Å². The Balaban J connectivity index is 1.18. The van der Waals surface area contributed by atoms with Crippen LogP contribution in [0.5, 0.6) is 0 Å². The first-order valence-electron chi connectivity index (χ1n) is 16.7. The molecule has 244 valence electrons. The lowest BCUT2D eigenvalue weighted by molar-refractivity contribution is -0.149. The van der Waals surface area contributed by atoms with E-state index in [4.69, 9.17) is 14.3 Å². The number of allylic oxidation sites excluding steroid dienone is 1. The summed E-state index contributed by atoms with van der Waals surface area (Å²) < 4.78 is 10.2. The first-order valence-corrected chi connectivity index (χ1v) is 16.7. The highest BCUT2D eigenvalue weighted by molar-refractivity contribution is 5.91. The summed E-state index contributed by atoms with van der Waals surface area (Å²) in [5, 5.41) is 7.66. The highest BCUT2D eigenvalue weighted by Crippen LogP contribution is 2.66. The molecule has 8 atom stereocenters. The second-order valence-electron chi connectivity index (χ2n) is 14.7. The minimum Gasteiger partial charge on any atom is -0.462 e. The highest BCUT2D eigenvalue weighted by atomic mass is 16.7.